The number of carbonyl (C=O) groups excluding carboxylic acids is 1. The van der Waals surface area contributed by atoms with Crippen molar-refractivity contribution in [2.24, 2.45) is 5.92 Å². The number of hydrogen-bond acceptors (Lipinski definition) is 2. The van der Waals surface area contributed by atoms with Crippen molar-refractivity contribution < 1.29 is 9.90 Å². The van der Waals surface area contributed by atoms with Gasteiger partial charge < -0.3 is 10.4 Å². The van der Waals surface area contributed by atoms with Gasteiger partial charge in [-0.05, 0) is 32.1 Å². The lowest BCUT2D eigenvalue weighted by Gasteiger charge is -2.36. The van der Waals surface area contributed by atoms with Crippen molar-refractivity contribution in [2.45, 2.75) is 70.8 Å². The minimum atomic E-state index is -0.600. The molecule has 0 aromatic carbocycles. The lowest BCUT2D eigenvalue weighted by molar-refractivity contribution is -0.127. The minimum Gasteiger partial charge on any atom is -0.388 e. The zero-order chi connectivity index (χ0) is 12.7. The number of rotatable bonds is 8. The van der Waals surface area contributed by atoms with Crippen LogP contribution in [0.5, 0.6) is 0 Å². The Morgan fingerprint density at radius 2 is 2.06 bits per heavy atom. The van der Waals surface area contributed by atoms with E-state index in [1.165, 1.54) is 12.8 Å². The van der Waals surface area contributed by atoms with Crippen LogP contribution in [-0.4, -0.2) is 23.2 Å². The first-order valence-electron chi connectivity index (χ1n) is 7.11. The van der Waals surface area contributed by atoms with Crippen LogP contribution in [0, 0.1) is 5.92 Å². The van der Waals surface area contributed by atoms with Crippen LogP contribution < -0.4 is 5.32 Å². The maximum absolute atomic E-state index is 11.9. The van der Waals surface area contributed by atoms with Gasteiger partial charge in [-0.1, -0.05) is 33.1 Å². The highest BCUT2D eigenvalue weighted by Gasteiger charge is 2.34. The predicted molar refractivity (Wildman–Crippen MR) is 69.7 cm³/mol. The molecule has 0 aromatic heterocycles. The molecule has 0 aliphatic heterocycles. The summed E-state index contributed by atoms with van der Waals surface area (Å²) in [6.45, 7) is 4.68. The molecule has 3 heteroatoms. The third kappa shape index (κ3) is 4.66. The Balaban J connectivity index is 2.23. The largest absolute Gasteiger partial charge is 0.388 e. The summed E-state index contributed by atoms with van der Waals surface area (Å²) in [4.78, 5) is 11.9. The van der Waals surface area contributed by atoms with E-state index in [9.17, 15) is 9.90 Å². The van der Waals surface area contributed by atoms with Gasteiger partial charge in [0.1, 0.15) is 0 Å². The maximum Gasteiger partial charge on any atom is 0.223 e. The molecule has 0 radical (unpaired) electrons. The van der Waals surface area contributed by atoms with Crippen molar-refractivity contribution >= 4 is 5.91 Å². The van der Waals surface area contributed by atoms with Crippen LogP contribution >= 0.6 is 0 Å². The molecule has 1 fully saturated rings. The average molecular weight is 241 g/mol. The van der Waals surface area contributed by atoms with Gasteiger partial charge in [-0.3, -0.25) is 4.79 Å². The van der Waals surface area contributed by atoms with Crippen LogP contribution in [-0.2, 0) is 4.79 Å². The van der Waals surface area contributed by atoms with Crippen LogP contribution in [0.1, 0.15) is 65.2 Å². The van der Waals surface area contributed by atoms with Crippen molar-refractivity contribution in [3.05, 3.63) is 0 Å². The molecule has 0 heterocycles. The number of unbranched alkanes of at least 4 members (excludes halogenated alkanes) is 2. The van der Waals surface area contributed by atoms with Crippen molar-refractivity contribution in [1.82, 2.24) is 5.32 Å². The van der Waals surface area contributed by atoms with Gasteiger partial charge in [0, 0.05) is 12.5 Å². The highest BCUT2D eigenvalue weighted by atomic mass is 16.3. The van der Waals surface area contributed by atoms with Crippen LogP contribution in [0.15, 0.2) is 0 Å². The lowest BCUT2D eigenvalue weighted by Crippen LogP contribution is -2.48. The molecule has 3 nitrogen and oxygen atoms in total. The van der Waals surface area contributed by atoms with E-state index < -0.39 is 5.60 Å². The minimum absolute atomic E-state index is 0.129. The molecule has 1 amide bonds. The molecule has 0 bridgehead atoms. The molecular weight excluding hydrogens is 214 g/mol. The maximum atomic E-state index is 11.9. The summed E-state index contributed by atoms with van der Waals surface area (Å²) in [6.07, 6.45) is 8.15. The van der Waals surface area contributed by atoms with Crippen LogP contribution in [0.2, 0.25) is 0 Å². The van der Waals surface area contributed by atoms with Crippen LogP contribution in [0.4, 0.5) is 0 Å². The molecule has 100 valence electrons. The molecule has 1 atom stereocenters. The average Bonchev–Trinajstić information content (AvgIpc) is 2.29. The van der Waals surface area contributed by atoms with E-state index in [0.717, 1.165) is 38.5 Å². The highest BCUT2D eigenvalue weighted by Crippen LogP contribution is 2.30. The highest BCUT2D eigenvalue weighted by molar-refractivity contribution is 5.78. The number of nitrogens with one attached hydrogen (secondary N) is 1. The zero-order valence-corrected chi connectivity index (χ0v) is 11.3. The predicted octanol–water partition coefficient (Wildman–Crippen LogP) is 2.62. The summed E-state index contributed by atoms with van der Waals surface area (Å²) in [5.74, 6) is 0.258. The molecular formula is C14H27NO2. The van der Waals surface area contributed by atoms with Gasteiger partial charge in [0.25, 0.3) is 0 Å². The zero-order valence-electron chi connectivity index (χ0n) is 11.3. The Morgan fingerprint density at radius 1 is 1.35 bits per heavy atom. The first kappa shape index (κ1) is 14.5. The number of aliphatic hydroxyl groups is 1. The molecule has 1 unspecified atom stereocenters. The fourth-order valence-corrected chi connectivity index (χ4v) is 2.32. The van der Waals surface area contributed by atoms with E-state index in [1.807, 2.05) is 0 Å². The Hall–Kier alpha value is -0.570. The first-order valence-corrected chi connectivity index (χ1v) is 7.11. The second-order valence-electron chi connectivity index (χ2n) is 5.40. The molecule has 2 N–H and O–H groups in total. The summed E-state index contributed by atoms with van der Waals surface area (Å²) in [5, 5.41) is 12.8. The van der Waals surface area contributed by atoms with Crippen molar-refractivity contribution in [3.63, 3.8) is 0 Å². The normalized spacial score (nSPS) is 19.5. The van der Waals surface area contributed by atoms with E-state index in [0.29, 0.717) is 6.54 Å². The third-order valence-electron chi connectivity index (χ3n) is 3.90. The Kier molecular flexibility index (Phi) is 5.96. The molecule has 0 saturated heterocycles. The smallest absolute Gasteiger partial charge is 0.223 e. The number of amides is 1. The van der Waals surface area contributed by atoms with E-state index in [4.69, 9.17) is 0 Å². The van der Waals surface area contributed by atoms with Crippen molar-refractivity contribution in [3.8, 4) is 0 Å². The van der Waals surface area contributed by atoms with E-state index in [2.05, 4.69) is 19.2 Å². The standard InChI is InChI=1S/C14H27NO2/c1-3-5-6-8-12(4-2)13(16)15-11-14(17)9-7-10-14/h12,17H,3-11H2,1-2H3,(H,15,16). The van der Waals surface area contributed by atoms with Gasteiger partial charge >= 0.3 is 0 Å². The topological polar surface area (TPSA) is 49.3 Å². The summed E-state index contributed by atoms with van der Waals surface area (Å²) < 4.78 is 0. The van der Waals surface area contributed by atoms with Gasteiger partial charge in [0.2, 0.25) is 5.91 Å². The Labute approximate surface area is 105 Å². The number of carbonyl (C=O) groups is 1. The van der Waals surface area contributed by atoms with Crippen molar-refractivity contribution in [1.29, 1.82) is 0 Å². The monoisotopic (exact) mass is 241 g/mol. The molecule has 1 rings (SSSR count). The van der Waals surface area contributed by atoms with E-state index >= 15 is 0 Å². The molecule has 0 spiro atoms. The number of hydrogen-bond donors (Lipinski definition) is 2. The van der Waals surface area contributed by atoms with E-state index in [-0.39, 0.29) is 11.8 Å². The lowest BCUT2D eigenvalue weighted by atomic mass is 9.80. The van der Waals surface area contributed by atoms with Gasteiger partial charge in [0.15, 0.2) is 0 Å². The molecule has 1 aliphatic carbocycles. The summed E-state index contributed by atoms with van der Waals surface area (Å²) in [7, 11) is 0. The quantitative estimate of drug-likeness (QED) is 0.642. The Morgan fingerprint density at radius 3 is 2.53 bits per heavy atom. The summed E-state index contributed by atoms with van der Waals surface area (Å²) in [6, 6.07) is 0. The van der Waals surface area contributed by atoms with Gasteiger partial charge in [-0.15, -0.1) is 0 Å². The van der Waals surface area contributed by atoms with Gasteiger partial charge in [0.05, 0.1) is 5.60 Å². The fraction of sp³-hybridized carbons (Fsp3) is 0.929. The molecule has 1 saturated carbocycles. The third-order valence-corrected chi connectivity index (χ3v) is 3.90. The summed E-state index contributed by atoms with van der Waals surface area (Å²) in [5.41, 5.74) is -0.600. The first-order chi connectivity index (χ1) is 8.11. The molecule has 0 aromatic rings. The van der Waals surface area contributed by atoms with Gasteiger partial charge in [-0.25, -0.2) is 0 Å². The second kappa shape index (κ2) is 7.00. The van der Waals surface area contributed by atoms with Crippen LogP contribution in [0.25, 0.3) is 0 Å². The van der Waals surface area contributed by atoms with Gasteiger partial charge in [-0.2, -0.15) is 0 Å². The Bertz CT molecular complexity index is 236. The molecule has 1 aliphatic rings. The van der Waals surface area contributed by atoms with Crippen LogP contribution in [0.3, 0.4) is 0 Å². The molecule has 17 heavy (non-hydrogen) atoms. The van der Waals surface area contributed by atoms with E-state index in [1.54, 1.807) is 0 Å². The second-order valence-corrected chi connectivity index (χ2v) is 5.40. The van der Waals surface area contributed by atoms with Crippen molar-refractivity contribution in [2.75, 3.05) is 6.54 Å². The SMILES string of the molecule is CCCCCC(CC)C(=O)NCC1(O)CCC1. The fourth-order valence-electron chi connectivity index (χ4n) is 2.32. The summed E-state index contributed by atoms with van der Waals surface area (Å²) >= 11 is 0.